The van der Waals surface area contributed by atoms with Gasteiger partial charge >= 0.3 is 0 Å². The third kappa shape index (κ3) is 3.30. The maximum atomic E-state index is 13.2. The van der Waals surface area contributed by atoms with E-state index in [1.165, 1.54) is 17.0 Å². The molecule has 0 spiro atoms. The fourth-order valence-electron chi connectivity index (χ4n) is 2.47. The van der Waals surface area contributed by atoms with Crippen molar-refractivity contribution in [2.75, 3.05) is 13.1 Å². The van der Waals surface area contributed by atoms with Gasteiger partial charge in [-0.2, -0.15) is 0 Å². The van der Waals surface area contributed by atoms with Crippen molar-refractivity contribution in [3.8, 4) is 0 Å². The lowest BCUT2D eigenvalue weighted by atomic mass is 10.0. The Bertz CT molecular complexity index is 695. The summed E-state index contributed by atoms with van der Waals surface area (Å²) >= 11 is 0. The molecule has 2 fully saturated rings. The summed E-state index contributed by atoms with van der Waals surface area (Å²) in [5.74, 6) is -0.530. The average molecular weight is 326 g/mol. The first-order valence-corrected chi connectivity index (χ1v) is 8.94. The van der Waals surface area contributed by atoms with E-state index >= 15 is 0 Å². The van der Waals surface area contributed by atoms with Crippen molar-refractivity contribution in [2.24, 2.45) is 0 Å². The quantitative estimate of drug-likeness (QED) is 0.877. The third-order valence-electron chi connectivity index (χ3n) is 4.20. The average Bonchev–Trinajstić information content (AvgIpc) is 3.14. The number of carbonyl (C=O) groups is 1. The first kappa shape index (κ1) is 15.4. The molecule has 22 heavy (non-hydrogen) atoms. The van der Waals surface area contributed by atoms with E-state index in [-0.39, 0.29) is 37.3 Å². The zero-order valence-corrected chi connectivity index (χ0v) is 13.2. The molecule has 0 unspecified atom stereocenters. The van der Waals surface area contributed by atoms with E-state index in [1.54, 1.807) is 6.07 Å². The number of nitrogens with one attached hydrogen (secondary N) is 1. The van der Waals surface area contributed by atoms with Crippen LogP contribution >= 0.6 is 0 Å². The molecule has 1 N–H and O–H groups in total. The standard InChI is InChI=1S/C15H19FN2O3S/c1-10-2-3-12(16)6-11(10)7-15(19)18-8-14(9-18)22(20,21)17-13-4-5-13/h2-3,6,13-14,17H,4-5,7-9H2,1H3. The fourth-order valence-corrected chi connectivity index (χ4v) is 4.12. The maximum absolute atomic E-state index is 13.2. The molecule has 1 saturated heterocycles. The number of benzene rings is 1. The topological polar surface area (TPSA) is 66.5 Å². The molecule has 0 atom stereocenters. The number of rotatable bonds is 5. The number of nitrogens with zero attached hydrogens (tertiary/aromatic N) is 1. The van der Waals surface area contributed by atoms with Gasteiger partial charge in [-0.1, -0.05) is 6.07 Å². The Kier molecular flexibility index (Phi) is 3.94. The highest BCUT2D eigenvalue weighted by atomic mass is 32.2. The first-order valence-electron chi connectivity index (χ1n) is 7.39. The van der Waals surface area contributed by atoms with Crippen molar-refractivity contribution in [3.05, 3.63) is 35.1 Å². The number of aryl methyl sites for hydroxylation is 1. The van der Waals surface area contributed by atoms with Gasteiger partial charge in [0.1, 0.15) is 11.1 Å². The van der Waals surface area contributed by atoms with Gasteiger partial charge in [0.25, 0.3) is 0 Å². The van der Waals surface area contributed by atoms with E-state index in [4.69, 9.17) is 0 Å². The molecule has 2 aliphatic rings. The Labute approximate surface area is 129 Å². The van der Waals surface area contributed by atoms with Crippen molar-refractivity contribution in [2.45, 2.75) is 37.5 Å². The van der Waals surface area contributed by atoms with Crippen LogP contribution in [0.1, 0.15) is 24.0 Å². The summed E-state index contributed by atoms with van der Waals surface area (Å²) in [6, 6.07) is 4.44. The molecule has 1 aromatic carbocycles. The molecule has 7 heteroatoms. The number of hydrogen-bond donors (Lipinski definition) is 1. The van der Waals surface area contributed by atoms with Crippen LogP contribution in [0.2, 0.25) is 0 Å². The molecule has 1 amide bonds. The minimum Gasteiger partial charge on any atom is -0.340 e. The SMILES string of the molecule is Cc1ccc(F)cc1CC(=O)N1CC(S(=O)(=O)NC2CC2)C1. The largest absolute Gasteiger partial charge is 0.340 e. The fraction of sp³-hybridized carbons (Fsp3) is 0.533. The van der Waals surface area contributed by atoms with Gasteiger partial charge in [0, 0.05) is 19.1 Å². The highest BCUT2D eigenvalue weighted by Gasteiger charge is 2.41. The van der Waals surface area contributed by atoms with Gasteiger partial charge in [0.15, 0.2) is 0 Å². The maximum Gasteiger partial charge on any atom is 0.227 e. The summed E-state index contributed by atoms with van der Waals surface area (Å²) in [6.07, 6.45) is 1.90. The van der Waals surface area contributed by atoms with Crippen LogP contribution in [-0.2, 0) is 21.2 Å². The van der Waals surface area contributed by atoms with E-state index in [1.807, 2.05) is 6.92 Å². The van der Waals surface area contributed by atoms with Crippen molar-refractivity contribution in [3.63, 3.8) is 0 Å². The summed E-state index contributed by atoms with van der Waals surface area (Å²) in [6.45, 7) is 2.26. The highest BCUT2D eigenvalue weighted by molar-refractivity contribution is 7.90. The monoisotopic (exact) mass is 326 g/mol. The lowest BCUT2D eigenvalue weighted by Crippen LogP contribution is -2.59. The summed E-state index contributed by atoms with van der Waals surface area (Å²) < 4.78 is 39.8. The molecule has 0 aromatic heterocycles. The Morgan fingerprint density at radius 3 is 2.68 bits per heavy atom. The highest BCUT2D eigenvalue weighted by Crippen LogP contribution is 2.24. The molecule has 0 radical (unpaired) electrons. The van der Waals surface area contributed by atoms with Crippen molar-refractivity contribution in [1.82, 2.24) is 9.62 Å². The van der Waals surface area contributed by atoms with Gasteiger partial charge in [-0.3, -0.25) is 4.79 Å². The van der Waals surface area contributed by atoms with Crippen molar-refractivity contribution >= 4 is 15.9 Å². The Hall–Kier alpha value is -1.47. The van der Waals surface area contributed by atoms with E-state index < -0.39 is 15.3 Å². The molecular formula is C15H19FN2O3S. The van der Waals surface area contributed by atoms with Crippen molar-refractivity contribution in [1.29, 1.82) is 0 Å². The minimum absolute atomic E-state index is 0.0877. The third-order valence-corrected chi connectivity index (χ3v) is 6.04. The number of sulfonamides is 1. The second kappa shape index (κ2) is 5.62. The van der Waals surface area contributed by atoms with Gasteiger partial charge < -0.3 is 4.90 Å². The minimum atomic E-state index is -3.32. The normalized spacial score (nSPS) is 19.1. The van der Waals surface area contributed by atoms with E-state index in [9.17, 15) is 17.6 Å². The molecule has 1 saturated carbocycles. The van der Waals surface area contributed by atoms with Crippen LogP contribution in [0.4, 0.5) is 4.39 Å². The number of carbonyl (C=O) groups excluding carboxylic acids is 1. The lowest BCUT2D eigenvalue weighted by molar-refractivity contribution is -0.133. The summed E-state index contributed by atoms with van der Waals surface area (Å²) in [4.78, 5) is 13.7. The number of halogens is 1. The molecule has 0 bridgehead atoms. The molecule has 5 nitrogen and oxygen atoms in total. The van der Waals surface area contributed by atoms with Crippen LogP contribution in [0.15, 0.2) is 18.2 Å². The molecule has 1 aromatic rings. The zero-order valence-electron chi connectivity index (χ0n) is 12.4. The van der Waals surface area contributed by atoms with Crippen LogP contribution < -0.4 is 4.72 Å². The molecule has 3 rings (SSSR count). The van der Waals surface area contributed by atoms with Crippen LogP contribution in [0.3, 0.4) is 0 Å². The zero-order chi connectivity index (χ0) is 15.9. The van der Waals surface area contributed by atoms with Gasteiger partial charge in [-0.15, -0.1) is 0 Å². The van der Waals surface area contributed by atoms with E-state index in [0.29, 0.717) is 5.56 Å². The van der Waals surface area contributed by atoms with Gasteiger partial charge in [-0.25, -0.2) is 17.5 Å². The Balaban J connectivity index is 1.56. The van der Waals surface area contributed by atoms with E-state index in [0.717, 1.165) is 18.4 Å². The molecule has 1 heterocycles. The molecule has 1 aliphatic carbocycles. The first-order chi connectivity index (χ1) is 10.3. The van der Waals surface area contributed by atoms with Gasteiger partial charge in [0.05, 0.1) is 6.42 Å². The molecule has 120 valence electrons. The Morgan fingerprint density at radius 2 is 2.05 bits per heavy atom. The number of amides is 1. The van der Waals surface area contributed by atoms with Crippen LogP contribution in [0.25, 0.3) is 0 Å². The van der Waals surface area contributed by atoms with Gasteiger partial charge in [0.2, 0.25) is 15.9 Å². The second-order valence-corrected chi connectivity index (χ2v) is 8.10. The van der Waals surface area contributed by atoms with Crippen LogP contribution in [0, 0.1) is 12.7 Å². The molecule has 1 aliphatic heterocycles. The second-order valence-electron chi connectivity index (χ2n) is 6.11. The van der Waals surface area contributed by atoms with Crippen molar-refractivity contribution < 1.29 is 17.6 Å². The summed E-state index contributed by atoms with van der Waals surface area (Å²) in [5, 5.41) is -0.523. The Morgan fingerprint density at radius 1 is 1.36 bits per heavy atom. The van der Waals surface area contributed by atoms with E-state index in [2.05, 4.69) is 4.72 Å². The smallest absolute Gasteiger partial charge is 0.227 e. The van der Waals surface area contributed by atoms with Crippen LogP contribution in [-0.4, -0.2) is 43.6 Å². The predicted octanol–water partition coefficient (Wildman–Crippen LogP) is 0.969. The summed E-state index contributed by atoms with van der Waals surface area (Å²) in [7, 11) is -3.32. The summed E-state index contributed by atoms with van der Waals surface area (Å²) in [5.41, 5.74) is 1.50. The number of likely N-dealkylation sites (tertiary alicyclic amines) is 1. The predicted molar refractivity (Wildman–Crippen MR) is 80.3 cm³/mol. The number of hydrogen-bond acceptors (Lipinski definition) is 3. The van der Waals surface area contributed by atoms with Crippen LogP contribution in [0.5, 0.6) is 0 Å². The lowest BCUT2D eigenvalue weighted by Gasteiger charge is -2.38. The van der Waals surface area contributed by atoms with Gasteiger partial charge in [-0.05, 0) is 43.0 Å². The molecular weight excluding hydrogens is 307 g/mol.